The normalized spacial score (nSPS) is 14.9. The number of aryl methyl sites for hydroxylation is 1. The maximum Gasteiger partial charge on any atom is 0.338 e. The summed E-state index contributed by atoms with van der Waals surface area (Å²) >= 11 is 6.10. The number of sulfonamides is 2. The van der Waals surface area contributed by atoms with Crippen molar-refractivity contribution in [2.45, 2.75) is 49.8 Å². The minimum Gasteiger partial charge on any atom is -0.452 e. The quantitative estimate of drug-likeness (QED) is 0.421. The first-order valence-corrected chi connectivity index (χ1v) is 15.5. The molecule has 0 spiro atoms. The Bertz CT molecular complexity index is 1400. The predicted molar refractivity (Wildman–Crippen MR) is 144 cm³/mol. The maximum atomic E-state index is 13.0. The van der Waals surface area contributed by atoms with E-state index < -0.39 is 38.5 Å². The monoisotopic (exact) mass is 585 g/mol. The van der Waals surface area contributed by atoms with Crippen molar-refractivity contribution in [1.82, 2.24) is 8.61 Å². The maximum absolute atomic E-state index is 13.0. The molecule has 13 heteroatoms. The van der Waals surface area contributed by atoms with Crippen LogP contribution in [-0.4, -0.2) is 70.1 Å². The van der Waals surface area contributed by atoms with Gasteiger partial charge in [0.1, 0.15) is 4.90 Å². The molecule has 3 rings (SSSR count). The van der Waals surface area contributed by atoms with Crippen molar-refractivity contribution >= 4 is 49.2 Å². The summed E-state index contributed by atoms with van der Waals surface area (Å²) in [5, 5.41) is 2.54. The van der Waals surface area contributed by atoms with Gasteiger partial charge in [-0.15, -0.1) is 0 Å². The summed E-state index contributed by atoms with van der Waals surface area (Å²) in [5.41, 5.74) is 0.827. The second kappa shape index (κ2) is 12.6. The summed E-state index contributed by atoms with van der Waals surface area (Å²) in [5.74, 6) is -1.59. The number of carbonyl (C=O) groups is 2. The lowest BCUT2D eigenvalue weighted by Crippen LogP contribution is -2.35. The van der Waals surface area contributed by atoms with E-state index in [1.165, 1.54) is 32.9 Å². The molecule has 0 saturated carbocycles. The van der Waals surface area contributed by atoms with Crippen LogP contribution in [0.25, 0.3) is 0 Å². The number of halogens is 1. The molecular formula is C25H32ClN3O7S2. The lowest BCUT2D eigenvalue weighted by molar-refractivity contribution is -0.119. The topological polar surface area (TPSA) is 130 Å². The number of carbonyl (C=O) groups excluding carboxylic acids is 2. The van der Waals surface area contributed by atoms with Crippen molar-refractivity contribution in [2.24, 2.45) is 0 Å². The number of anilines is 1. The molecule has 0 unspecified atom stereocenters. The van der Waals surface area contributed by atoms with Crippen LogP contribution in [0.15, 0.2) is 46.2 Å². The molecule has 1 aliphatic rings. The summed E-state index contributed by atoms with van der Waals surface area (Å²) in [6, 6.07) is 8.20. The van der Waals surface area contributed by atoms with Gasteiger partial charge in [0.05, 0.1) is 15.5 Å². The van der Waals surface area contributed by atoms with Gasteiger partial charge in [0, 0.05) is 31.9 Å². The molecule has 1 aliphatic heterocycles. The zero-order chi connectivity index (χ0) is 28.1. The molecular weight excluding hydrogens is 554 g/mol. The van der Waals surface area contributed by atoms with Gasteiger partial charge < -0.3 is 10.1 Å². The first-order valence-electron chi connectivity index (χ1n) is 12.3. The molecule has 0 aliphatic carbocycles. The van der Waals surface area contributed by atoms with Crippen LogP contribution in [0, 0.1) is 6.92 Å². The van der Waals surface area contributed by atoms with Crippen molar-refractivity contribution in [3.8, 4) is 0 Å². The van der Waals surface area contributed by atoms with E-state index in [-0.39, 0.29) is 39.2 Å². The van der Waals surface area contributed by atoms with Crippen LogP contribution in [0.5, 0.6) is 0 Å². The van der Waals surface area contributed by atoms with E-state index in [0.29, 0.717) is 18.7 Å². The van der Waals surface area contributed by atoms with Gasteiger partial charge in [-0.25, -0.2) is 21.6 Å². The second-order valence-corrected chi connectivity index (χ2v) is 13.1. The van der Waals surface area contributed by atoms with Crippen LogP contribution in [-0.2, 0) is 29.6 Å². The van der Waals surface area contributed by atoms with Crippen molar-refractivity contribution in [3.63, 3.8) is 0 Å². The van der Waals surface area contributed by atoms with Crippen molar-refractivity contribution < 1.29 is 31.2 Å². The Balaban J connectivity index is 1.70. The van der Waals surface area contributed by atoms with E-state index in [0.717, 1.165) is 25.3 Å². The molecule has 10 nitrogen and oxygen atoms in total. The largest absolute Gasteiger partial charge is 0.452 e. The summed E-state index contributed by atoms with van der Waals surface area (Å²) in [6.45, 7) is 5.78. The zero-order valence-corrected chi connectivity index (χ0v) is 24.0. The molecule has 1 amide bonds. The van der Waals surface area contributed by atoms with Crippen LogP contribution in [0.2, 0.25) is 5.02 Å². The third-order valence-corrected chi connectivity index (χ3v) is 10.7. The lowest BCUT2D eigenvalue weighted by atomic mass is 10.2. The van der Waals surface area contributed by atoms with Crippen molar-refractivity contribution in [3.05, 3.63) is 52.5 Å². The highest BCUT2D eigenvalue weighted by Gasteiger charge is 2.27. The zero-order valence-electron chi connectivity index (χ0n) is 21.6. The van der Waals surface area contributed by atoms with Crippen LogP contribution in [0.3, 0.4) is 0 Å². The van der Waals surface area contributed by atoms with E-state index in [2.05, 4.69) is 5.32 Å². The smallest absolute Gasteiger partial charge is 0.338 e. The van der Waals surface area contributed by atoms with E-state index >= 15 is 0 Å². The third kappa shape index (κ3) is 6.73. The van der Waals surface area contributed by atoms with Crippen LogP contribution in [0.1, 0.15) is 49.0 Å². The molecule has 1 heterocycles. The number of ether oxygens (including phenoxy) is 1. The Morgan fingerprint density at radius 1 is 1.00 bits per heavy atom. The average Bonchev–Trinajstić information content (AvgIpc) is 2.89. The molecule has 1 fully saturated rings. The third-order valence-electron chi connectivity index (χ3n) is 6.26. The number of hydrogen-bond acceptors (Lipinski definition) is 7. The molecule has 0 atom stereocenters. The standard InChI is InChI=1S/C25H32ClN3O7S2/c1-4-28(5-2)38(34,35)23-15-19(10-12-21(23)26)25(31)36-17-24(30)27-22-16-20(11-9-18(22)3)37(32,33)29-13-7-6-8-14-29/h9-12,15-16H,4-8,13-14,17H2,1-3H3,(H,27,30). The molecule has 208 valence electrons. The molecule has 0 aromatic heterocycles. The predicted octanol–water partition coefficient (Wildman–Crippen LogP) is 3.65. The highest BCUT2D eigenvalue weighted by Crippen LogP contribution is 2.27. The number of piperidine rings is 1. The van der Waals surface area contributed by atoms with Gasteiger partial charge in [0.25, 0.3) is 5.91 Å². The van der Waals surface area contributed by atoms with Gasteiger partial charge in [0.15, 0.2) is 6.61 Å². The molecule has 1 saturated heterocycles. The average molecular weight is 586 g/mol. The minimum atomic E-state index is -3.93. The van der Waals surface area contributed by atoms with Crippen molar-refractivity contribution in [2.75, 3.05) is 38.1 Å². The molecule has 0 bridgehead atoms. The number of amides is 1. The molecule has 1 N–H and O–H groups in total. The fourth-order valence-electron chi connectivity index (χ4n) is 4.08. The number of esters is 1. The van der Waals surface area contributed by atoms with Gasteiger partial charge in [-0.1, -0.05) is 37.9 Å². The van der Waals surface area contributed by atoms with Gasteiger partial charge in [0.2, 0.25) is 20.0 Å². The van der Waals surface area contributed by atoms with E-state index in [9.17, 15) is 26.4 Å². The van der Waals surface area contributed by atoms with E-state index in [4.69, 9.17) is 16.3 Å². The molecule has 38 heavy (non-hydrogen) atoms. The summed E-state index contributed by atoms with van der Waals surface area (Å²) in [7, 11) is -7.62. The van der Waals surface area contributed by atoms with Crippen LogP contribution < -0.4 is 5.32 Å². The summed E-state index contributed by atoms with van der Waals surface area (Å²) < 4.78 is 59.5. The number of nitrogens with one attached hydrogen (secondary N) is 1. The van der Waals surface area contributed by atoms with E-state index in [1.54, 1.807) is 26.8 Å². The summed E-state index contributed by atoms with van der Waals surface area (Å²) in [4.78, 5) is 25.0. The number of hydrogen-bond donors (Lipinski definition) is 1. The number of nitrogens with zero attached hydrogens (tertiary/aromatic N) is 2. The van der Waals surface area contributed by atoms with Gasteiger partial charge in [-0.2, -0.15) is 8.61 Å². The van der Waals surface area contributed by atoms with E-state index in [1.807, 2.05) is 0 Å². The Morgan fingerprint density at radius 3 is 2.29 bits per heavy atom. The first-order chi connectivity index (χ1) is 17.9. The fourth-order valence-corrected chi connectivity index (χ4v) is 7.58. The Hall–Kier alpha value is -2.51. The van der Waals surface area contributed by atoms with Crippen molar-refractivity contribution in [1.29, 1.82) is 0 Å². The highest BCUT2D eigenvalue weighted by atomic mass is 35.5. The van der Waals surface area contributed by atoms with Gasteiger partial charge >= 0.3 is 5.97 Å². The second-order valence-electron chi connectivity index (χ2n) is 8.80. The van der Waals surface area contributed by atoms with Gasteiger partial charge in [-0.3, -0.25) is 4.79 Å². The van der Waals surface area contributed by atoms with Crippen LogP contribution >= 0.6 is 11.6 Å². The lowest BCUT2D eigenvalue weighted by Gasteiger charge is -2.26. The molecule has 0 radical (unpaired) electrons. The Kier molecular flexibility index (Phi) is 9.93. The molecule has 2 aromatic carbocycles. The summed E-state index contributed by atoms with van der Waals surface area (Å²) in [6.07, 6.45) is 2.59. The molecule has 2 aromatic rings. The first kappa shape index (κ1) is 30.0. The fraction of sp³-hybridized carbons (Fsp3) is 0.440. The SMILES string of the molecule is CCN(CC)S(=O)(=O)c1cc(C(=O)OCC(=O)Nc2cc(S(=O)(=O)N3CCCCC3)ccc2C)ccc1Cl. The Labute approximate surface area is 229 Å². The minimum absolute atomic E-state index is 0.0407. The van der Waals surface area contributed by atoms with Gasteiger partial charge in [-0.05, 0) is 55.7 Å². The number of rotatable bonds is 10. The van der Waals surface area contributed by atoms with Crippen LogP contribution in [0.4, 0.5) is 5.69 Å². The Morgan fingerprint density at radius 2 is 1.66 bits per heavy atom. The number of benzene rings is 2. The highest BCUT2D eigenvalue weighted by molar-refractivity contribution is 7.89.